The van der Waals surface area contributed by atoms with Crippen LogP contribution >= 0.6 is 11.3 Å². The van der Waals surface area contributed by atoms with Crippen LogP contribution in [0.4, 0.5) is 5.82 Å². The van der Waals surface area contributed by atoms with Gasteiger partial charge in [0, 0.05) is 13.1 Å². The van der Waals surface area contributed by atoms with Crippen molar-refractivity contribution in [2.45, 2.75) is 6.54 Å². The summed E-state index contributed by atoms with van der Waals surface area (Å²) < 4.78 is 0. The lowest BCUT2D eigenvalue weighted by atomic mass is 10.3. The van der Waals surface area contributed by atoms with Gasteiger partial charge < -0.3 is 10.0 Å². The fourth-order valence-corrected chi connectivity index (χ4v) is 2.32. The zero-order valence-electron chi connectivity index (χ0n) is 9.78. The maximum Gasteiger partial charge on any atom is 0.142 e. The van der Waals surface area contributed by atoms with E-state index in [9.17, 15) is 0 Å². The Labute approximate surface area is 110 Å². The summed E-state index contributed by atoms with van der Waals surface area (Å²) in [6.07, 6.45) is 0. The molecule has 0 aliphatic carbocycles. The van der Waals surface area contributed by atoms with Gasteiger partial charge in [0.15, 0.2) is 0 Å². The first-order chi connectivity index (χ1) is 8.83. The van der Waals surface area contributed by atoms with Crippen molar-refractivity contribution in [3.63, 3.8) is 0 Å². The van der Waals surface area contributed by atoms with Gasteiger partial charge in [-0.25, -0.2) is 4.98 Å². The normalized spacial score (nSPS) is 10.0. The number of hydrogen-bond acceptors (Lipinski definition) is 5. The smallest absolute Gasteiger partial charge is 0.142 e. The van der Waals surface area contributed by atoms with Crippen LogP contribution in [0.15, 0.2) is 35.0 Å². The Morgan fingerprint density at radius 2 is 2.28 bits per heavy atom. The number of rotatable bonds is 5. The van der Waals surface area contributed by atoms with Crippen LogP contribution < -0.4 is 4.90 Å². The standard InChI is InChI=1S/C13H13N3OS/c14-8-12-2-1-3-13(15-12)16(5-6-17)9-11-4-7-18-10-11/h1-4,7,10,17H,5-6,9H2. The maximum absolute atomic E-state index is 9.12. The molecule has 2 heterocycles. The number of aliphatic hydroxyl groups is 1. The molecule has 0 saturated heterocycles. The monoisotopic (exact) mass is 259 g/mol. The SMILES string of the molecule is N#Cc1cccc(N(CCO)Cc2ccsc2)n1. The van der Waals surface area contributed by atoms with Crippen molar-refractivity contribution >= 4 is 17.2 Å². The van der Waals surface area contributed by atoms with Crippen molar-refractivity contribution in [3.05, 3.63) is 46.3 Å². The van der Waals surface area contributed by atoms with E-state index in [1.54, 1.807) is 23.5 Å². The summed E-state index contributed by atoms with van der Waals surface area (Å²) in [4.78, 5) is 6.21. The minimum absolute atomic E-state index is 0.0581. The van der Waals surface area contributed by atoms with Crippen LogP contribution in [0.1, 0.15) is 11.3 Å². The Bertz CT molecular complexity index is 533. The van der Waals surface area contributed by atoms with Gasteiger partial charge in [0.2, 0.25) is 0 Å². The molecule has 0 spiro atoms. The van der Waals surface area contributed by atoms with Crippen LogP contribution in [0.25, 0.3) is 0 Å². The van der Waals surface area contributed by atoms with E-state index in [0.29, 0.717) is 24.6 Å². The van der Waals surface area contributed by atoms with E-state index < -0.39 is 0 Å². The molecule has 0 amide bonds. The van der Waals surface area contributed by atoms with Gasteiger partial charge in [-0.2, -0.15) is 16.6 Å². The molecule has 0 aliphatic heterocycles. The number of pyridine rings is 1. The number of nitrogens with zero attached hydrogens (tertiary/aromatic N) is 3. The Balaban J connectivity index is 2.21. The van der Waals surface area contributed by atoms with Gasteiger partial charge in [-0.3, -0.25) is 0 Å². The molecule has 4 nitrogen and oxygen atoms in total. The molecule has 5 heteroatoms. The highest BCUT2D eigenvalue weighted by Crippen LogP contribution is 2.16. The summed E-state index contributed by atoms with van der Waals surface area (Å²) in [5, 5.41) is 22.1. The highest BCUT2D eigenvalue weighted by Gasteiger charge is 2.09. The van der Waals surface area contributed by atoms with E-state index in [0.717, 1.165) is 0 Å². The van der Waals surface area contributed by atoms with E-state index in [4.69, 9.17) is 10.4 Å². The Kier molecular flexibility index (Phi) is 4.29. The molecule has 18 heavy (non-hydrogen) atoms. The predicted molar refractivity (Wildman–Crippen MR) is 71.4 cm³/mol. The van der Waals surface area contributed by atoms with Crippen molar-refractivity contribution in [2.24, 2.45) is 0 Å². The zero-order valence-corrected chi connectivity index (χ0v) is 10.6. The summed E-state index contributed by atoms with van der Waals surface area (Å²) in [6.45, 7) is 1.24. The molecular formula is C13H13N3OS. The molecule has 0 unspecified atom stereocenters. The van der Waals surface area contributed by atoms with Crippen LogP contribution in [0.2, 0.25) is 0 Å². The third-order valence-electron chi connectivity index (χ3n) is 2.50. The minimum Gasteiger partial charge on any atom is -0.395 e. The Morgan fingerprint density at radius 1 is 1.39 bits per heavy atom. The Hall–Kier alpha value is -1.90. The summed E-state index contributed by atoms with van der Waals surface area (Å²) in [6, 6.07) is 9.40. The second kappa shape index (κ2) is 6.15. The van der Waals surface area contributed by atoms with Crippen LogP contribution in [-0.2, 0) is 6.54 Å². The molecule has 0 saturated carbocycles. The zero-order chi connectivity index (χ0) is 12.8. The number of aliphatic hydroxyl groups excluding tert-OH is 1. The summed E-state index contributed by atoms with van der Waals surface area (Å²) in [5.74, 6) is 0.717. The summed E-state index contributed by atoms with van der Waals surface area (Å²) >= 11 is 1.64. The fourth-order valence-electron chi connectivity index (χ4n) is 1.66. The number of nitriles is 1. The van der Waals surface area contributed by atoms with Gasteiger partial charge in [0.1, 0.15) is 17.6 Å². The van der Waals surface area contributed by atoms with Gasteiger partial charge in [-0.15, -0.1) is 0 Å². The first kappa shape index (κ1) is 12.6. The molecule has 0 bridgehead atoms. The predicted octanol–water partition coefficient (Wildman–Crippen LogP) is 2.01. The van der Waals surface area contributed by atoms with E-state index in [1.165, 1.54) is 5.56 Å². The molecule has 2 rings (SSSR count). The van der Waals surface area contributed by atoms with Gasteiger partial charge >= 0.3 is 0 Å². The molecule has 0 atom stereocenters. The molecule has 2 aromatic heterocycles. The fraction of sp³-hybridized carbons (Fsp3) is 0.231. The molecule has 0 aliphatic rings. The second-order valence-corrected chi connectivity index (χ2v) is 4.55. The van der Waals surface area contributed by atoms with Crippen molar-refractivity contribution < 1.29 is 5.11 Å². The average molecular weight is 259 g/mol. The summed E-state index contributed by atoms with van der Waals surface area (Å²) in [7, 11) is 0. The van der Waals surface area contributed by atoms with Crippen molar-refractivity contribution in [2.75, 3.05) is 18.1 Å². The number of thiophene rings is 1. The van der Waals surface area contributed by atoms with E-state index in [2.05, 4.69) is 10.4 Å². The third kappa shape index (κ3) is 3.06. The largest absolute Gasteiger partial charge is 0.395 e. The maximum atomic E-state index is 9.12. The lowest BCUT2D eigenvalue weighted by Crippen LogP contribution is -2.26. The number of anilines is 1. The van der Waals surface area contributed by atoms with E-state index in [-0.39, 0.29) is 6.61 Å². The lowest BCUT2D eigenvalue weighted by molar-refractivity contribution is 0.301. The van der Waals surface area contributed by atoms with Crippen molar-refractivity contribution in [1.82, 2.24) is 4.98 Å². The van der Waals surface area contributed by atoms with Crippen LogP contribution in [0, 0.1) is 11.3 Å². The lowest BCUT2D eigenvalue weighted by Gasteiger charge is -2.22. The molecule has 0 aromatic carbocycles. The average Bonchev–Trinajstić information content (AvgIpc) is 2.91. The molecule has 0 fully saturated rings. The van der Waals surface area contributed by atoms with Crippen molar-refractivity contribution in [3.8, 4) is 6.07 Å². The minimum atomic E-state index is 0.0581. The summed E-state index contributed by atoms with van der Waals surface area (Å²) in [5.41, 5.74) is 1.57. The van der Waals surface area contributed by atoms with Crippen LogP contribution in [0.5, 0.6) is 0 Å². The van der Waals surface area contributed by atoms with Gasteiger partial charge in [-0.1, -0.05) is 6.07 Å². The quantitative estimate of drug-likeness (QED) is 0.892. The first-order valence-electron chi connectivity index (χ1n) is 5.57. The highest BCUT2D eigenvalue weighted by atomic mass is 32.1. The first-order valence-corrected chi connectivity index (χ1v) is 6.52. The van der Waals surface area contributed by atoms with Gasteiger partial charge in [0.25, 0.3) is 0 Å². The van der Waals surface area contributed by atoms with Crippen molar-refractivity contribution in [1.29, 1.82) is 5.26 Å². The van der Waals surface area contributed by atoms with Gasteiger partial charge in [0.05, 0.1) is 6.61 Å². The number of aromatic nitrogens is 1. The second-order valence-electron chi connectivity index (χ2n) is 3.77. The van der Waals surface area contributed by atoms with E-state index >= 15 is 0 Å². The number of hydrogen-bond donors (Lipinski definition) is 1. The molecule has 2 aromatic rings. The highest BCUT2D eigenvalue weighted by molar-refractivity contribution is 7.07. The van der Waals surface area contributed by atoms with Crippen LogP contribution in [-0.4, -0.2) is 23.2 Å². The van der Waals surface area contributed by atoms with E-state index in [1.807, 2.05) is 28.5 Å². The Morgan fingerprint density at radius 3 is 2.94 bits per heavy atom. The van der Waals surface area contributed by atoms with Gasteiger partial charge in [-0.05, 0) is 34.5 Å². The van der Waals surface area contributed by atoms with Crippen LogP contribution in [0.3, 0.4) is 0 Å². The molecule has 0 radical (unpaired) electrons. The molecular weight excluding hydrogens is 246 g/mol. The topological polar surface area (TPSA) is 60.2 Å². The molecule has 1 N–H and O–H groups in total. The third-order valence-corrected chi connectivity index (χ3v) is 3.23. The molecule has 92 valence electrons.